The fraction of sp³-hybridized carbons (Fsp3) is 1.00. The predicted octanol–water partition coefficient (Wildman–Crippen LogP) is -7.07. The van der Waals surface area contributed by atoms with Crippen LogP contribution in [-0.2, 0) is 23.5 Å². The maximum atomic E-state index is 8.55. The molecule has 0 aliphatic rings. The number of phosphoric acid groups is 1. The van der Waals surface area contributed by atoms with Gasteiger partial charge in [0.05, 0.1) is 52.9 Å². The van der Waals surface area contributed by atoms with Crippen molar-refractivity contribution in [2.45, 2.75) is 90.9 Å². The van der Waals surface area contributed by atoms with Gasteiger partial charge in [-0.15, -0.1) is 0 Å². The van der Waals surface area contributed by atoms with Crippen molar-refractivity contribution in [2.24, 2.45) is 0 Å². The van der Waals surface area contributed by atoms with Crippen LogP contribution < -0.4 is 103 Å². The Balaban J connectivity index is -0.000000107. The van der Waals surface area contributed by atoms with Crippen LogP contribution in [0.25, 0.3) is 0 Å². The summed E-state index contributed by atoms with van der Waals surface area (Å²) in [4.78, 5) is 25.6. The summed E-state index contributed by atoms with van der Waals surface area (Å²) in [6, 6.07) is 0. The van der Waals surface area contributed by atoms with E-state index in [1.54, 1.807) is 0 Å². The monoisotopic (exact) mass is 600 g/mol. The van der Waals surface area contributed by atoms with Gasteiger partial charge in [-0.25, -0.2) is 0 Å². The van der Waals surface area contributed by atoms with Gasteiger partial charge in [0, 0.05) is 13.2 Å². The van der Waals surface area contributed by atoms with Crippen molar-refractivity contribution in [1.82, 2.24) is 0 Å². The maximum absolute atomic E-state index is 8.55. The second-order valence-electron chi connectivity index (χ2n) is 7.88. The summed E-state index contributed by atoms with van der Waals surface area (Å²) in [5.41, 5.74) is 0. The average Bonchev–Trinajstić information content (AvgIpc) is 2.80. The van der Waals surface area contributed by atoms with Crippen molar-refractivity contribution < 1.29 is 137 Å². The van der Waals surface area contributed by atoms with Gasteiger partial charge >= 0.3 is 88.7 Å². The zero-order valence-electron chi connectivity index (χ0n) is 25.2. The molecule has 0 unspecified atom stereocenters. The van der Waals surface area contributed by atoms with E-state index in [2.05, 4.69) is 13.8 Å². The van der Waals surface area contributed by atoms with Gasteiger partial charge in [0.2, 0.25) is 0 Å². The standard InChI is InChI=1S/2C12H26O3.3Na.H3O4P/c2*1-2-3-4-5-6-7-9-14-11-12-15-10-8-13;;;;1-5(2,3)4/h2*13H,2-12H2,1H3;;;;(H3,1,2,3,4)/q;;3*+1;/p-3. The Kier molecular flexibility index (Phi) is 69.7. The Labute approximate surface area is 298 Å². The molecule has 38 heavy (non-hydrogen) atoms. The van der Waals surface area contributed by atoms with Crippen LogP contribution in [0.3, 0.4) is 0 Å². The Morgan fingerprint density at radius 3 is 0.974 bits per heavy atom. The van der Waals surface area contributed by atoms with Crippen LogP contribution in [0.4, 0.5) is 0 Å². The topological polar surface area (TPSA) is 164 Å². The van der Waals surface area contributed by atoms with Gasteiger partial charge in [0.15, 0.2) is 0 Å². The summed E-state index contributed by atoms with van der Waals surface area (Å²) in [6.07, 6.45) is 15.6. The van der Waals surface area contributed by atoms with Crippen molar-refractivity contribution in [3.8, 4) is 0 Å². The van der Waals surface area contributed by atoms with Gasteiger partial charge in [-0.3, -0.25) is 0 Å². The molecular formula is C24H52Na3O10P. The molecule has 14 heteroatoms. The SMILES string of the molecule is CCCCCCCCOCCOCCO.CCCCCCCCOCCOCCO.O=P([O-])([O-])[O-].[Na+].[Na+].[Na+]. The molecule has 0 heterocycles. The zero-order chi connectivity index (χ0) is 26.9. The van der Waals surface area contributed by atoms with Crippen molar-refractivity contribution >= 4 is 7.82 Å². The minimum absolute atomic E-state index is 0. The minimum Gasteiger partial charge on any atom is -0.822 e. The fourth-order valence-corrected chi connectivity index (χ4v) is 2.74. The minimum atomic E-state index is -5.39. The Morgan fingerprint density at radius 1 is 0.474 bits per heavy atom. The Hall–Kier alpha value is 2.87. The second-order valence-corrected chi connectivity index (χ2v) is 8.77. The van der Waals surface area contributed by atoms with Gasteiger partial charge in [0.1, 0.15) is 0 Å². The molecule has 0 bridgehead atoms. The van der Waals surface area contributed by atoms with E-state index in [9.17, 15) is 0 Å². The predicted molar refractivity (Wildman–Crippen MR) is 132 cm³/mol. The van der Waals surface area contributed by atoms with Gasteiger partial charge in [0.25, 0.3) is 0 Å². The smallest absolute Gasteiger partial charge is 0.822 e. The third-order valence-electron chi connectivity index (χ3n) is 4.50. The van der Waals surface area contributed by atoms with Crippen LogP contribution in [0.2, 0.25) is 0 Å². The molecule has 0 atom stereocenters. The molecular weight excluding hydrogens is 548 g/mol. The number of hydrogen-bond donors (Lipinski definition) is 2. The molecule has 2 N–H and O–H groups in total. The zero-order valence-corrected chi connectivity index (χ0v) is 32.1. The van der Waals surface area contributed by atoms with E-state index in [0.717, 1.165) is 26.1 Å². The third-order valence-corrected chi connectivity index (χ3v) is 4.50. The van der Waals surface area contributed by atoms with Gasteiger partial charge in [-0.2, -0.15) is 7.82 Å². The molecule has 0 aliphatic heterocycles. The van der Waals surface area contributed by atoms with E-state index in [0.29, 0.717) is 39.6 Å². The molecule has 216 valence electrons. The van der Waals surface area contributed by atoms with Crippen molar-refractivity contribution in [1.29, 1.82) is 0 Å². The quantitative estimate of drug-likeness (QED) is 0.0618. The molecule has 0 aliphatic carbocycles. The molecule has 0 aromatic carbocycles. The molecule has 0 spiro atoms. The van der Waals surface area contributed by atoms with Crippen LogP contribution in [0.15, 0.2) is 0 Å². The summed E-state index contributed by atoms with van der Waals surface area (Å²) in [5.74, 6) is 0. The second kappa shape index (κ2) is 49.5. The summed E-state index contributed by atoms with van der Waals surface area (Å²) in [7, 11) is -5.39. The molecule has 0 saturated heterocycles. The first-order chi connectivity index (χ1) is 16.8. The molecule has 0 fully saturated rings. The van der Waals surface area contributed by atoms with Crippen LogP contribution in [0.5, 0.6) is 0 Å². The molecule has 0 aromatic rings. The molecule has 0 amide bonds. The summed E-state index contributed by atoms with van der Waals surface area (Å²) in [6.45, 7) is 9.65. The largest absolute Gasteiger partial charge is 1.00 e. The molecule has 0 saturated carbocycles. The van der Waals surface area contributed by atoms with E-state index >= 15 is 0 Å². The number of rotatable bonds is 24. The van der Waals surface area contributed by atoms with Crippen molar-refractivity contribution in [2.75, 3.05) is 66.1 Å². The van der Waals surface area contributed by atoms with E-state index < -0.39 is 7.82 Å². The van der Waals surface area contributed by atoms with Gasteiger partial charge in [-0.1, -0.05) is 78.1 Å². The molecule has 0 aromatic heterocycles. The number of ether oxygens (including phenoxy) is 4. The van der Waals surface area contributed by atoms with Gasteiger partial charge < -0.3 is 48.4 Å². The van der Waals surface area contributed by atoms with Gasteiger partial charge in [-0.05, 0) is 12.8 Å². The molecule has 0 rings (SSSR count). The van der Waals surface area contributed by atoms with Crippen LogP contribution in [0, 0.1) is 0 Å². The third kappa shape index (κ3) is 77.2. The Bertz CT molecular complexity index is 353. The summed E-state index contributed by atoms with van der Waals surface area (Å²) >= 11 is 0. The first-order valence-electron chi connectivity index (χ1n) is 13.1. The van der Waals surface area contributed by atoms with Crippen LogP contribution >= 0.6 is 7.82 Å². The molecule has 0 radical (unpaired) electrons. The van der Waals surface area contributed by atoms with E-state index in [-0.39, 0.29) is 102 Å². The molecule has 10 nitrogen and oxygen atoms in total. The maximum Gasteiger partial charge on any atom is 1.00 e. The summed E-state index contributed by atoms with van der Waals surface area (Å²) < 4.78 is 29.4. The van der Waals surface area contributed by atoms with E-state index in [4.69, 9.17) is 48.4 Å². The fourth-order valence-electron chi connectivity index (χ4n) is 2.74. The number of aliphatic hydroxyl groups excluding tert-OH is 2. The van der Waals surface area contributed by atoms with Crippen molar-refractivity contribution in [3.05, 3.63) is 0 Å². The number of aliphatic hydroxyl groups is 2. The average molecular weight is 601 g/mol. The number of hydrogen-bond acceptors (Lipinski definition) is 10. The number of unbranched alkanes of at least 4 members (excludes halogenated alkanes) is 10. The first kappa shape index (κ1) is 53.4. The van der Waals surface area contributed by atoms with Crippen molar-refractivity contribution in [3.63, 3.8) is 0 Å². The summed E-state index contributed by atoms with van der Waals surface area (Å²) in [5, 5.41) is 16.9. The Morgan fingerprint density at radius 2 is 0.711 bits per heavy atom. The first-order valence-corrected chi connectivity index (χ1v) is 14.5. The van der Waals surface area contributed by atoms with E-state index in [1.807, 2.05) is 0 Å². The normalized spacial score (nSPS) is 10.1. The van der Waals surface area contributed by atoms with Crippen LogP contribution in [-0.4, -0.2) is 76.3 Å². The van der Waals surface area contributed by atoms with Crippen LogP contribution in [0.1, 0.15) is 90.9 Å². The van der Waals surface area contributed by atoms with E-state index in [1.165, 1.54) is 64.2 Å².